The zero-order valence-electron chi connectivity index (χ0n) is 11.8. The molecule has 0 saturated heterocycles. The molecule has 6 nitrogen and oxygen atoms in total. The van der Waals surface area contributed by atoms with Crippen LogP contribution in [0.25, 0.3) is 0 Å². The average Bonchev–Trinajstić information content (AvgIpc) is 2.53. The van der Waals surface area contributed by atoms with Gasteiger partial charge in [-0.25, -0.2) is 19.2 Å². The quantitative estimate of drug-likeness (QED) is 0.902. The van der Waals surface area contributed by atoms with Gasteiger partial charge in [-0.15, -0.1) is 0 Å². The predicted octanol–water partition coefficient (Wildman–Crippen LogP) is 1.38. The molecular formula is C15H14FN3O3. The highest BCUT2D eigenvalue weighted by Gasteiger charge is 2.28. The van der Waals surface area contributed by atoms with Gasteiger partial charge in [0.1, 0.15) is 6.04 Å². The second kappa shape index (κ2) is 6.75. The summed E-state index contributed by atoms with van der Waals surface area (Å²) in [5, 5.41) is 9.35. The predicted molar refractivity (Wildman–Crippen MR) is 75.7 cm³/mol. The second-order valence-electron chi connectivity index (χ2n) is 4.68. The Labute approximate surface area is 126 Å². The number of amides is 1. The SMILES string of the molecule is CN(C(=O)c1ncc(F)cn1)C(Cc1ccccc1)C(=O)O. The number of carboxylic acids is 1. The van der Waals surface area contributed by atoms with Gasteiger partial charge in [-0.1, -0.05) is 30.3 Å². The molecule has 1 aromatic heterocycles. The number of halogens is 1. The van der Waals surface area contributed by atoms with Crippen molar-refractivity contribution in [1.29, 1.82) is 0 Å². The van der Waals surface area contributed by atoms with Crippen molar-refractivity contribution in [2.75, 3.05) is 7.05 Å². The van der Waals surface area contributed by atoms with E-state index in [1.54, 1.807) is 24.3 Å². The number of aliphatic carboxylic acids is 1. The number of carbonyl (C=O) groups is 2. The van der Waals surface area contributed by atoms with E-state index in [1.807, 2.05) is 6.07 Å². The van der Waals surface area contributed by atoms with Crippen LogP contribution >= 0.6 is 0 Å². The molecule has 1 atom stereocenters. The van der Waals surface area contributed by atoms with Crippen molar-refractivity contribution in [2.24, 2.45) is 0 Å². The topological polar surface area (TPSA) is 83.4 Å². The summed E-state index contributed by atoms with van der Waals surface area (Å²) in [6.45, 7) is 0. The van der Waals surface area contributed by atoms with Gasteiger partial charge in [-0.2, -0.15) is 0 Å². The molecule has 1 amide bonds. The first kappa shape index (κ1) is 15.6. The van der Waals surface area contributed by atoms with E-state index in [1.165, 1.54) is 7.05 Å². The van der Waals surface area contributed by atoms with E-state index in [2.05, 4.69) is 9.97 Å². The summed E-state index contributed by atoms with van der Waals surface area (Å²) in [6.07, 6.45) is 1.88. The summed E-state index contributed by atoms with van der Waals surface area (Å²) in [5.74, 6) is -2.73. The molecule has 1 N–H and O–H groups in total. The number of aromatic nitrogens is 2. The lowest BCUT2D eigenvalue weighted by molar-refractivity contribution is -0.141. The van der Waals surface area contributed by atoms with Gasteiger partial charge in [-0.05, 0) is 5.56 Å². The number of hydrogen-bond donors (Lipinski definition) is 1. The third-order valence-corrected chi connectivity index (χ3v) is 3.16. The van der Waals surface area contributed by atoms with Crippen LogP contribution < -0.4 is 0 Å². The summed E-state index contributed by atoms with van der Waals surface area (Å²) in [5.41, 5.74) is 0.787. The Morgan fingerprint density at radius 2 is 1.82 bits per heavy atom. The molecule has 0 fully saturated rings. The molecule has 0 bridgehead atoms. The Hall–Kier alpha value is -2.83. The number of carbonyl (C=O) groups excluding carboxylic acids is 1. The third-order valence-electron chi connectivity index (χ3n) is 3.16. The molecule has 1 heterocycles. The molecule has 0 saturated carbocycles. The maximum atomic E-state index is 12.8. The lowest BCUT2D eigenvalue weighted by atomic mass is 10.0. The molecule has 0 aliphatic rings. The number of carboxylic acid groups (broad SMARTS) is 1. The largest absolute Gasteiger partial charge is 0.480 e. The number of nitrogens with zero attached hydrogens (tertiary/aromatic N) is 3. The van der Waals surface area contributed by atoms with Crippen LogP contribution in [0.2, 0.25) is 0 Å². The molecule has 2 aromatic rings. The van der Waals surface area contributed by atoms with Gasteiger partial charge in [0.2, 0.25) is 5.82 Å². The Balaban J connectivity index is 2.19. The summed E-state index contributed by atoms with van der Waals surface area (Å²) >= 11 is 0. The van der Waals surface area contributed by atoms with Crippen LogP contribution in [0.4, 0.5) is 4.39 Å². The maximum Gasteiger partial charge on any atom is 0.326 e. The molecule has 0 aliphatic heterocycles. The normalized spacial score (nSPS) is 11.7. The third kappa shape index (κ3) is 3.63. The molecule has 0 spiro atoms. The Kier molecular flexibility index (Phi) is 4.77. The minimum absolute atomic E-state index is 0.152. The smallest absolute Gasteiger partial charge is 0.326 e. The molecule has 0 radical (unpaired) electrons. The molecule has 1 aromatic carbocycles. The van der Waals surface area contributed by atoms with Crippen LogP contribution in [-0.2, 0) is 11.2 Å². The molecular weight excluding hydrogens is 289 g/mol. The number of likely N-dealkylation sites (N-methyl/N-ethyl adjacent to an activating group) is 1. The second-order valence-corrected chi connectivity index (χ2v) is 4.68. The first-order valence-corrected chi connectivity index (χ1v) is 6.50. The number of benzene rings is 1. The zero-order valence-corrected chi connectivity index (χ0v) is 11.8. The van der Waals surface area contributed by atoms with E-state index in [4.69, 9.17) is 0 Å². The number of rotatable bonds is 5. The fourth-order valence-electron chi connectivity index (χ4n) is 1.95. The zero-order chi connectivity index (χ0) is 16.1. The van der Waals surface area contributed by atoms with Crippen LogP contribution in [0.3, 0.4) is 0 Å². The summed E-state index contributed by atoms with van der Waals surface area (Å²) < 4.78 is 12.8. The van der Waals surface area contributed by atoms with Gasteiger partial charge in [0.25, 0.3) is 5.91 Å². The molecule has 114 valence electrons. The van der Waals surface area contributed by atoms with E-state index >= 15 is 0 Å². The lowest BCUT2D eigenvalue weighted by Gasteiger charge is -2.24. The minimum atomic E-state index is -1.14. The minimum Gasteiger partial charge on any atom is -0.480 e. The van der Waals surface area contributed by atoms with Gasteiger partial charge < -0.3 is 10.0 Å². The van der Waals surface area contributed by atoms with Crippen molar-refractivity contribution in [3.8, 4) is 0 Å². The fraction of sp³-hybridized carbons (Fsp3) is 0.200. The van der Waals surface area contributed by atoms with Gasteiger partial charge in [0, 0.05) is 13.5 Å². The van der Waals surface area contributed by atoms with Crippen LogP contribution in [0.5, 0.6) is 0 Å². The summed E-state index contributed by atoms with van der Waals surface area (Å²) in [4.78, 5) is 31.8. The van der Waals surface area contributed by atoms with E-state index in [0.29, 0.717) is 0 Å². The van der Waals surface area contributed by atoms with Crippen molar-refractivity contribution in [3.63, 3.8) is 0 Å². The van der Waals surface area contributed by atoms with Crippen molar-refractivity contribution in [2.45, 2.75) is 12.5 Å². The number of hydrogen-bond acceptors (Lipinski definition) is 4. The van der Waals surface area contributed by atoms with Crippen LogP contribution in [0, 0.1) is 5.82 Å². The maximum absolute atomic E-state index is 12.8. The van der Waals surface area contributed by atoms with E-state index in [9.17, 15) is 19.1 Å². The van der Waals surface area contributed by atoms with E-state index < -0.39 is 23.7 Å². The highest BCUT2D eigenvalue weighted by atomic mass is 19.1. The first-order valence-electron chi connectivity index (χ1n) is 6.50. The van der Waals surface area contributed by atoms with Crippen LogP contribution in [0.1, 0.15) is 16.2 Å². The van der Waals surface area contributed by atoms with Crippen LogP contribution in [-0.4, -0.2) is 44.9 Å². The summed E-state index contributed by atoms with van der Waals surface area (Å²) in [7, 11) is 1.36. The lowest BCUT2D eigenvalue weighted by Crippen LogP contribution is -2.44. The standard InChI is InChI=1S/C15H14FN3O3/c1-19(14(20)13-17-8-11(16)9-18-13)12(15(21)22)7-10-5-3-2-4-6-10/h2-6,8-9,12H,7H2,1H3,(H,21,22). The monoisotopic (exact) mass is 303 g/mol. The van der Waals surface area contributed by atoms with Gasteiger partial charge in [0.05, 0.1) is 12.4 Å². The highest BCUT2D eigenvalue weighted by Crippen LogP contribution is 2.10. The Bertz CT molecular complexity index is 661. The van der Waals surface area contributed by atoms with Crippen molar-refractivity contribution in [3.05, 3.63) is 59.9 Å². The fourth-order valence-corrected chi connectivity index (χ4v) is 1.95. The Morgan fingerprint density at radius 1 is 1.23 bits per heavy atom. The van der Waals surface area contributed by atoms with Crippen molar-refractivity contribution < 1.29 is 19.1 Å². The highest BCUT2D eigenvalue weighted by molar-refractivity contribution is 5.93. The van der Waals surface area contributed by atoms with Crippen LogP contribution in [0.15, 0.2) is 42.7 Å². The van der Waals surface area contributed by atoms with Gasteiger partial charge >= 0.3 is 5.97 Å². The Morgan fingerprint density at radius 3 is 2.36 bits per heavy atom. The molecule has 7 heteroatoms. The van der Waals surface area contributed by atoms with E-state index in [-0.39, 0.29) is 12.2 Å². The van der Waals surface area contributed by atoms with Gasteiger partial charge in [0.15, 0.2) is 5.82 Å². The average molecular weight is 303 g/mol. The van der Waals surface area contributed by atoms with E-state index in [0.717, 1.165) is 22.9 Å². The summed E-state index contributed by atoms with van der Waals surface area (Å²) in [6, 6.07) is 7.90. The molecule has 1 unspecified atom stereocenters. The molecule has 2 rings (SSSR count). The first-order chi connectivity index (χ1) is 10.5. The van der Waals surface area contributed by atoms with Crippen molar-refractivity contribution in [1.82, 2.24) is 14.9 Å². The van der Waals surface area contributed by atoms with Crippen molar-refractivity contribution >= 4 is 11.9 Å². The molecule has 22 heavy (non-hydrogen) atoms. The van der Waals surface area contributed by atoms with Gasteiger partial charge in [-0.3, -0.25) is 4.79 Å². The molecule has 0 aliphatic carbocycles.